The first-order valence-corrected chi connectivity index (χ1v) is 8.36. The highest BCUT2D eigenvalue weighted by atomic mass is 16.2. The zero-order valence-electron chi connectivity index (χ0n) is 13.9. The van der Waals surface area contributed by atoms with Crippen LogP contribution < -0.4 is 16.4 Å². The molecule has 0 spiro atoms. The number of benzene rings is 1. The molecule has 2 unspecified atom stereocenters. The average Bonchev–Trinajstić information content (AvgIpc) is 3.00. The van der Waals surface area contributed by atoms with E-state index >= 15 is 0 Å². The van der Waals surface area contributed by atoms with Crippen molar-refractivity contribution in [2.75, 3.05) is 6.54 Å². The number of nitrogens with two attached hydrogens (primary N) is 1. The van der Waals surface area contributed by atoms with Gasteiger partial charge in [-0.05, 0) is 24.3 Å². The molecule has 1 saturated carbocycles. The number of nitrogens with one attached hydrogen (secondary N) is 2. The van der Waals surface area contributed by atoms with Crippen LogP contribution in [-0.2, 0) is 9.59 Å². The topological polar surface area (TPSA) is 84.2 Å². The van der Waals surface area contributed by atoms with Crippen LogP contribution in [-0.4, -0.2) is 30.4 Å². The van der Waals surface area contributed by atoms with Crippen LogP contribution in [0.5, 0.6) is 0 Å². The van der Waals surface area contributed by atoms with Crippen molar-refractivity contribution in [2.45, 2.75) is 51.1 Å². The van der Waals surface area contributed by atoms with Gasteiger partial charge in [-0.2, -0.15) is 0 Å². The standard InChI is InChI=1S/C18H27N3O2/c1-12(2)17(19)18(23)20-11-16(22)21-15-10-6-9-14(15)13-7-4-3-5-8-13/h3-5,7-8,12,14-15,17H,6,9-11,19H2,1-2H3,(H,20,23)(H,21,22)/t14?,15?,17-/m0/s1. The largest absolute Gasteiger partial charge is 0.351 e. The molecule has 1 aromatic rings. The van der Waals surface area contributed by atoms with Crippen molar-refractivity contribution in [3.05, 3.63) is 35.9 Å². The van der Waals surface area contributed by atoms with Crippen LogP contribution in [0.25, 0.3) is 0 Å². The highest BCUT2D eigenvalue weighted by Gasteiger charge is 2.29. The smallest absolute Gasteiger partial charge is 0.239 e. The van der Waals surface area contributed by atoms with E-state index in [1.54, 1.807) is 0 Å². The first-order chi connectivity index (χ1) is 11.0. The minimum atomic E-state index is -0.577. The van der Waals surface area contributed by atoms with Gasteiger partial charge in [0.2, 0.25) is 11.8 Å². The van der Waals surface area contributed by atoms with E-state index in [9.17, 15) is 9.59 Å². The fourth-order valence-electron chi connectivity index (χ4n) is 3.08. The van der Waals surface area contributed by atoms with Gasteiger partial charge in [0, 0.05) is 12.0 Å². The zero-order chi connectivity index (χ0) is 16.8. The summed E-state index contributed by atoms with van der Waals surface area (Å²) in [6, 6.07) is 9.84. The van der Waals surface area contributed by atoms with E-state index in [0.717, 1.165) is 19.3 Å². The monoisotopic (exact) mass is 317 g/mol. The molecule has 0 saturated heterocycles. The molecule has 1 fully saturated rings. The van der Waals surface area contributed by atoms with E-state index in [2.05, 4.69) is 22.8 Å². The van der Waals surface area contributed by atoms with Gasteiger partial charge >= 0.3 is 0 Å². The number of carbonyl (C=O) groups excluding carboxylic acids is 2. The lowest BCUT2D eigenvalue weighted by Crippen LogP contribution is -2.48. The summed E-state index contributed by atoms with van der Waals surface area (Å²) in [7, 11) is 0. The van der Waals surface area contributed by atoms with Crippen molar-refractivity contribution >= 4 is 11.8 Å². The van der Waals surface area contributed by atoms with Crippen LogP contribution in [0.15, 0.2) is 30.3 Å². The van der Waals surface area contributed by atoms with Crippen molar-refractivity contribution < 1.29 is 9.59 Å². The summed E-state index contributed by atoms with van der Waals surface area (Å²) in [4.78, 5) is 23.9. The maximum Gasteiger partial charge on any atom is 0.239 e. The third kappa shape index (κ3) is 4.79. The predicted molar refractivity (Wildman–Crippen MR) is 90.8 cm³/mol. The molecule has 0 aliphatic heterocycles. The highest BCUT2D eigenvalue weighted by molar-refractivity contribution is 5.87. The van der Waals surface area contributed by atoms with Crippen molar-refractivity contribution in [1.82, 2.24) is 10.6 Å². The Bertz CT molecular complexity index is 530. The first kappa shape index (κ1) is 17.5. The maximum absolute atomic E-state index is 12.1. The maximum atomic E-state index is 12.1. The van der Waals surface area contributed by atoms with E-state index in [4.69, 9.17) is 5.73 Å². The van der Waals surface area contributed by atoms with E-state index in [1.165, 1.54) is 5.56 Å². The molecular weight excluding hydrogens is 290 g/mol. The normalized spacial score (nSPS) is 21.9. The summed E-state index contributed by atoms with van der Waals surface area (Å²) in [5, 5.41) is 5.67. The molecule has 2 amide bonds. The summed E-state index contributed by atoms with van der Waals surface area (Å²) in [5.41, 5.74) is 7.03. The molecule has 1 aliphatic carbocycles. The molecule has 0 bridgehead atoms. The minimum Gasteiger partial charge on any atom is -0.351 e. The summed E-state index contributed by atoms with van der Waals surface area (Å²) >= 11 is 0. The van der Waals surface area contributed by atoms with Crippen LogP contribution in [0.1, 0.15) is 44.6 Å². The molecule has 23 heavy (non-hydrogen) atoms. The van der Waals surface area contributed by atoms with Crippen molar-refractivity contribution in [2.24, 2.45) is 11.7 Å². The zero-order valence-corrected chi connectivity index (χ0v) is 13.9. The third-order valence-corrected chi connectivity index (χ3v) is 4.53. The van der Waals surface area contributed by atoms with Gasteiger partial charge in [-0.15, -0.1) is 0 Å². The van der Waals surface area contributed by atoms with Gasteiger partial charge in [0.15, 0.2) is 0 Å². The van der Waals surface area contributed by atoms with Gasteiger partial charge in [-0.1, -0.05) is 50.6 Å². The molecule has 0 heterocycles. The van der Waals surface area contributed by atoms with E-state index < -0.39 is 6.04 Å². The van der Waals surface area contributed by atoms with Crippen molar-refractivity contribution in [1.29, 1.82) is 0 Å². The van der Waals surface area contributed by atoms with Crippen LogP contribution in [0.2, 0.25) is 0 Å². The van der Waals surface area contributed by atoms with E-state index in [1.807, 2.05) is 32.0 Å². The lowest BCUT2D eigenvalue weighted by atomic mass is 9.94. The average molecular weight is 317 g/mol. The van der Waals surface area contributed by atoms with E-state index in [-0.39, 0.29) is 30.3 Å². The Hall–Kier alpha value is -1.88. The van der Waals surface area contributed by atoms with Crippen LogP contribution in [0.4, 0.5) is 0 Å². The van der Waals surface area contributed by atoms with E-state index in [0.29, 0.717) is 5.92 Å². The second-order valence-electron chi connectivity index (χ2n) is 6.61. The Kier molecular flexibility index (Phi) is 6.16. The lowest BCUT2D eigenvalue weighted by molar-refractivity contribution is -0.127. The predicted octanol–water partition coefficient (Wildman–Crippen LogP) is 1.54. The lowest BCUT2D eigenvalue weighted by Gasteiger charge is -2.22. The molecule has 0 radical (unpaired) electrons. The summed E-state index contributed by atoms with van der Waals surface area (Å²) < 4.78 is 0. The molecule has 5 heteroatoms. The Morgan fingerprint density at radius 2 is 1.91 bits per heavy atom. The highest BCUT2D eigenvalue weighted by Crippen LogP contribution is 2.34. The molecule has 1 aromatic carbocycles. The third-order valence-electron chi connectivity index (χ3n) is 4.53. The Labute approximate surface area is 138 Å². The van der Waals surface area contributed by atoms with Gasteiger partial charge in [-0.25, -0.2) is 0 Å². The van der Waals surface area contributed by atoms with Gasteiger partial charge < -0.3 is 16.4 Å². The minimum absolute atomic E-state index is 0.0166. The number of hydrogen-bond acceptors (Lipinski definition) is 3. The number of amides is 2. The number of carbonyl (C=O) groups is 2. The summed E-state index contributed by atoms with van der Waals surface area (Å²) in [6.07, 6.45) is 3.17. The SMILES string of the molecule is CC(C)[C@H](N)C(=O)NCC(=O)NC1CCCC1c1ccccc1. The number of rotatable bonds is 6. The van der Waals surface area contributed by atoms with Gasteiger partial charge in [0.05, 0.1) is 12.6 Å². The van der Waals surface area contributed by atoms with Crippen molar-refractivity contribution in [3.63, 3.8) is 0 Å². The second-order valence-corrected chi connectivity index (χ2v) is 6.61. The van der Waals surface area contributed by atoms with Crippen LogP contribution in [0, 0.1) is 5.92 Å². The summed E-state index contributed by atoms with van der Waals surface area (Å²) in [6.45, 7) is 3.75. The summed E-state index contributed by atoms with van der Waals surface area (Å²) in [5.74, 6) is -0.0209. The second kappa shape index (κ2) is 8.11. The molecular formula is C18H27N3O2. The Balaban J connectivity index is 1.84. The van der Waals surface area contributed by atoms with Gasteiger partial charge in [-0.3, -0.25) is 9.59 Å². The molecule has 5 nitrogen and oxygen atoms in total. The fourth-order valence-corrected chi connectivity index (χ4v) is 3.08. The van der Waals surface area contributed by atoms with Gasteiger partial charge in [0.1, 0.15) is 0 Å². The van der Waals surface area contributed by atoms with Crippen molar-refractivity contribution in [3.8, 4) is 0 Å². The Morgan fingerprint density at radius 1 is 1.22 bits per heavy atom. The van der Waals surface area contributed by atoms with Crippen LogP contribution in [0.3, 0.4) is 0 Å². The van der Waals surface area contributed by atoms with Gasteiger partial charge in [0.25, 0.3) is 0 Å². The molecule has 126 valence electrons. The first-order valence-electron chi connectivity index (χ1n) is 8.36. The quantitative estimate of drug-likeness (QED) is 0.744. The number of hydrogen-bond donors (Lipinski definition) is 3. The molecule has 4 N–H and O–H groups in total. The molecule has 2 rings (SSSR count). The molecule has 3 atom stereocenters. The fraction of sp³-hybridized carbons (Fsp3) is 0.556. The molecule has 1 aliphatic rings. The van der Waals surface area contributed by atoms with Crippen LogP contribution >= 0.6 is 0 Å². The Morgan fingerprint density at radius 3 is 2.57 bits per heavy atom. The molecule has 0 aromatic heterocycles.